The average molecular weight is 349 g/mol. The van der Waals surface area contributed by atoms with E-state index in [9.17, 15) is 18.0 Å². The first-order chi connectivity index (χ1) is 11.9. The average Bonchev–Trinajstić information content (AvgIpc) is 3.10. The standard InChI is InChI=1S/C19H18F3NO2/c1-25-17-7-5-13(6-8-17)15-9-10-23(12-15)18(24)14-3-2-4-16(11-14)19(20,21)22/h2-8,11,15H,9-10,12H2,1H3. The molecule has 1 fully saturated rings. The lowest BCUT2D eigenvalue weighted by molar-refractivity contribution is -0.137. The highest BCUT2D eigenvalue weighted by Gasteiger charge is 2.32. The highest BCUT2D eigenvalue weighted by atomic mass is 19.4. The second-order valence-corrected chi connectivity index (χ2v) is 6.09. The molecule has 2 aromatic carbocycles. The summed E-state index contributed by atoms with van der Waals surface area (Å²) in [6, 6.07) is 12.2. The number of amides is 1. The van der Waals surface area contributed by atoms with Gasteiger partial charge in [0.15, 0.2) is 0 Å². The van der Waals surface area contributed by atoms with Crippen LogP contribution in [0.2, 0.25) is 0 Å². The summed E-state index contributed by atoms with van der Waals surface area (Å²) in [4.78, 5) is 14.2. The first-order valence-electron chi connectivity index (χ1n) is 7.99. The molecule has 1 amide bonds. The predicted octanol–water partition coefficient (Wildman–Crippen LogP) is 4.34. The first kappa shape index (κ1) is 17.3. The van der Waals surface area contributed by atoms with Crippen LogP contribution in [0.25, 0.3) is 0 Å². The van der Waals surface area contributed by atoms with Gasteiger partial charge in [0.1, 0.15) is 5.75 Å². The quantitative estimate of drug-likeness (QED) is 0.825. The molecule has 132 valence electrons. The lowest BCUT2D eigenvalue weighted by Crippen LogP contribution is -2.28. The normalized spacial score (nSPS) is 17.6. The molecule has 1 heterocycles. The molecule has 25 heavy (non-hydrogen) atoms. The fraction of sp³-hybridized carbons (Fsp3) is 0.316. The van der Waals surface area contributed by atoms with Gasteiger partial charge in [0.2, 0.25) is 0 Å². The maximum Gasteiger partial charge on any atom is 0.416 e. The second kappa shape index (κ2) is 6.78. The van der Waals surface area contributed by atoms with E-state index in [-0.39, 0.29) is 17.4 Å². The van der Waals surface area contributed by atoms with Gasteiger partial charge in [-0.05, 0) is 42.3 Å². The van der Waals surface area contributed by atoms with Gasteiger partial charge < -0.3 is 9.64 Å². The topological polar surface area (TPSA) is 29.5 Å². The van der Waals surface area contributed by atoms with Crippen LogP contribution in [0.3, 0.4) is 0 Å². The van der Waals surface area contributed by atoms with E-state index in [1.54, 1.807) is 12.0 Å². The lowest BCUT2D eigenvalue weighted by atomic mass is 9.98. The fourth-order valence-corrected chi connectivity index (χ4v) is 3.10. The number of alkyl halides is 3. The molecule has 1 atom stereocenters. The SMILES string of the molecule is COc1ccc(C2CCN(C(=O)c3cccc(C(F)(F)F)c3)C2)cc1. The highest BCUT2D eigenvalue weighted by molar-refractivity contribution is 5.94. The molecule has 1 aliphatic heterocycles. The Bertz CT molecular complexity index is 756. The van der Waals surface area contributed by atoms with E-state index in [2.05, 4.69) is 0 Å². The third kappa shape index (κ3) is 3.78. The fourth-order valence-electron chi connectivity index (χ4n) is 3.10. The van der Waals surface area contributed by atoms with Gasteiger partial charge in [-0.3, -0.25) is 4.79 Å². The molecule has 0 radical (unpaired) electrons. The third-order valence-electron chi connectivity index (χ3n) is 4.50. The van der Waals surface area contributed by atoms with Gasteiger partial charge in [-0.2, -0.15) is 13.2 Å². The summed E-state index contributed by atoms with van der Waals surface area (Å²) in [5.74, 6) is 0.585. The van der Waals surface area contributed by atoms with Gasteiger partial charge in [0, 0.05) is 24.6 Å². The summed E-state index contributed by atoms with van der Waals surface area (Å²) in [6.45, 7) is 1.03. The molecule has 0 bridgehead atoms. The van der Waals surface area contributed by atoms with E-state index in [1.807, 2.05) is 24.3 Å². The molecular weight excluding hydrogens is 331 g/mol. The van der Waals surface area contributed by atoms with Gasteiger partial charge in [0.05, 0.1) is 12.7 Å². The molecule has 1 unspecified atom stereocenters. The largest absolute Gasteiger partial charge is 0.497 e. The Hall–Kier alpha value is -2.50. The van der Waals surface area contributed by atoms with Crippen molar-refractivity contribution in [2.75, 3.05) is 20.2 Å². The summed E-state index contributed by atoms with van der Waals surface area (Å²) in [6.07, 6.45) is -3.66. The summed E-state index contributed by atoms with van der Waals surface area (Å²) in [5, 5.41) is 0. The minimum atomic E-state index is -4.45. The zero-order valence-electron chi connectivity index (χ0n) is 13.7. The van der Waals surface area contributed by atoms with Crippen LogP contribution in [0, 0.1) is 0 Å². The van der Waals surface area contributed by atoms with Crippen molar-refractivity contribution in [3.63, 3.8) is 0 Å². The van der Waals surface area contributed by atoms with Crippen molar-refractivity contribution in [3.05, 3.63) is 65.2 Å². The van der Waals surface area contributed by atoms with Crippen LogP contribution in [0.5, 0.6) is 5.75 Å². The zero-order valence-corrected chi connectivity index (χ0v) is 13.7. The van der Waals surface area contributed by atoms with E-state index in [0.717, 1.165) is 29.9 Å². The molecular formula is C19H18F3NO2. The Kier molecular flexibility index (Phi) is 4.70. The molecule has 0 spiro atoms. The van der Waals surface area contributed by atoms with Crippen LogP contribution >= 0.6 is 0 Å². The Morgan fingerprint density at radius 3 is 2.52 bits per heavy atom. The van der Waals surface area contributed by atoms with Crippen molar-refractivity contribution >= 4 is 5.91 Å². The number of nitrogens with zero attached hydrogens (tertiary/aromatic N) is 1. The van der Waals surface area contributed by atoms with Gasteiger partial charge in [0.25, 0.3) is 5.91 Å². The number of rotatable bonds is 3. The Labute approximate surface area is 144 Å². The molecule has 3 nitrogen and oxygen atoms in total. The van der Waals surface area contributed by atoms with Gasteiger partial charge in [-0.1, -0.05) is 18.2 Å². The van der Waals surface area contributed by atoms with Crippen LogP contribution in [0.4, 0.5) is 13.2 Å². The zero-order chi connectivity index (χ0) is 18.0. The number of hydrogen-bond acceptors (Lipinski definition) is 2. The number of benzene rings is 2. The summed E-state index contributed by atoms with van der Waals surface area (Å²) < 4.78 is 43.6. The number of ether oxygens (including phenoxy) is 1. The molecule has 2 aromatic rings. The van der Waals surface area contributed by atoms with Crippen molar-refractivity contribution < 1.29 is 22.7 Å². The molecule has 0 saturated carbocycles. The number of likely N-dealkylation sites (tertiary alicyclic amines) is 1. The second-order valence-electron chi connectivity index (χ2n) is 6.09. The summed E-state index contributed by atoms with van der Waals surface area (Å²) in [5.41, 5.74) is 0.370. The monoisotopic (exact) mass is 349 g/mol. The van der Waals surface area contributed by atoms with Gasteiger partial charge >= 0.3 is 6.18 Å². The van der Waals surface area contributed by atoms with Crippen molar-refractivity contribution in [1.82, 2.24) is 4.90 Å². The molecule has 1 aliphatic rings. The molecule has 0 aliphatic carbocycles. The molecule has 0 N–H and O–H groups in total. The van der Waals surface area contributed by atoms with E-state index in [4.69, 9.17) is 4.74 Å². The van der Waals surface area contributed by atoms with Crippen molar-refractivity contribution in [1.29, 1.82) is 0 Å². The van der Waals surface area contributed by atoms with Crippen LogP contribution in [-0.2, 0) is 6.18 Å². The predicted molar refractivity (Wildman–Crippen MR) is 87.7 cm³/mol. The minimum absolute atomic E-state index is 0.0743. The number of carbonyl (C=O) groups is 1. The number of hydrogen-bond donors (Lipinski definition) is 0. The van der Waals surface area contributed by atoms with Crippen molar-refractivity contribution in [2.24, 2.45) is 0 Å². The maximum absolute atomic E-state index is 12.8. The van der Waals surface area contributed by atoms with E-state index in [1.165, 1.54) is 12.1 Å². The Morgan fingerprint density at radius 2 is 1.88 bits per heavy atom. The highest BCUT2D eigenvalue weighted by Crippen LogP contribution is 2.32. The minimum Gasteiger partial charge on any atom is -0.497 e. The van der Waals surface area contributed by atoms with E-state index < -0.39 is 11.7 Å². The molecule has 3 rings (SSSR count). The van der Waals surface area contributed by atoms with E-state index >= 15 is 0 Å². The van der Waals surface area contributed by atoms with Crippen molar-refractivity contribution in [3.8, 4) is 5.75 Å². The number of methoxy groups -OCH3 is 1. The number of carbonyl (C=O) groups excluding carboxylic acids is 1. The smallest absolute Gasteiger partial charge is 0.416 e. The van der Waals surface area contributed by atoms with Gasteiger partial charge in [-0.25, -0.2) is 0 Å². The van der Waals surface area contributed by atoms with Crippen LogP contribution in [0.1, 0.15) is 33.8 Å². The maximum atomic E-state index is 12.8. The number of halogens is 3. The Balaban J connectivity index is 1.72. The Morgan fingerprint density at radius 1 is 1.16 bits per heavy atom. The van der Waals surface area contributed by atoms with Crippen molar-refractivity contribution in [2.45, 2.75) is 18.5 Å². The van der Waals surface area contributed by atoms with E-state index in [0.29, 0.717) is 13.1 Å². The first-order valence-corrected chi connectivity index (χ1v) is 7.99. The lowest BCUT2D eigenvalue weighted by Gasteiger charge is -2.18. The molecule has 1 saturated heterocycles. The molecule has 6 heteroatoms. The molecule has 0 aromatic heterocycles. The van der Waals surface area contributed by atoms with Gasteiger partial charge in [-0.15, -0.1) is 0 Å². The van der Waals surface area contributed by atoms with Crippen LogP contribution in [-0.4, -0.2) is 31.0 Å². The van der Waals surface area contributed by atoms with Crippen LogP contribution in [0.15, 0.2) is 48.5 Å². The van der Waals surface area contributed by atoms with Crippen LogP contribution < -0.4 is 4.74 Å². The third-order valence-corrected chi connectivity index (χ3v) is 4.50. The summed E-state index contributed by atoms with van der Waals surface area (Å²) in [7, 11) is 1.60. The summed E-state index contributed by atoms with van der Waals surface area (Å²) >= 11 is 0.